The molecule has 0 saturated heterocycles. The van der Waals surface area contributed by atoms with E-state index in [0.29, 0.717) is 17.4 Å². The predicted octanol–water partition coefficient (Wildman–Crippen LogP) is 6.93. The Labute approximate surface area is 165 Å². The van der Waals surface area contributed by atoms with Gasteiger partial charge in [-0.05, 0) is 63.0 Å². The first-order valence-corrected chi connectivity index (χ1v) is 10.0. The Hall–Kier alpha value is -1.96. The van der Waals surface area contributed by atoms with Crippen molar-refractivity contribution in [2.45, 2.75) is 74.1 Å². The molecular weight excluding hydrogens is 332 g/mol. The van der Waals surface area contributed by atoms with Crippen LogP contribution >= 0.6 is 0 Å². The third-order valence-electron chi connectivity index (χ3n) is 5.54. The lowest BCUT2D eigenvalue weighted by molar-refractivity contribution is 0.314. The van der Waals surface area contributed by atoms with Crippen molar-refractivity contribution in [3.63, 3.8) is 0 Å². The molecule has 0 heterocycles. The fourth-order valence-corrected chi connectivity index (χ4v) is 4.07. The van der Waals surface area contributed by atoms with E-state index in [4.69, 9.17) is 0 Å². The second-order valence-corrected chi connectivity index (χ2v) is 9.59. The maximum Gasteiger partial charge on any atom is 0.122 e. The van der Waals surface area contributed by atoms with Crippen molar-refractivity contribution in [2.75, 3.05) is 0 Å². The molecule has 0 fully saturated rings. The van der Waals surface area contributed by atoms with Crippen LogP contribution in [0.2, 0.25) is 0 Å². The summed E-state index contributed by atoms with van der Waals surface area (Å²) in [6.45, 7) is 17.0. The number of hydrogen-bond acceptors (Lipinski definition) is 2. The number of hydrogen-bond donors (Lipinski definition) is 2. The van der Waals surface area contributed by atoms with Crippen LogP contribution in [-0.4, -0.2) is 10.2 Å². The first-order chi connectivity index (χ1) is 12.4. The number of phenolic OH excluding ortho intramolecular Hbond substituents is 2. The van der Waals surface area contributed by atoms with E-state index in [1.165, 1.54) is 0 Å². The molecule has 0 aromatic heterocycles. The standard InChI is InChI=1S/C25H36O2/c1-15-11-18(4)23(26)20(13-15)22(17(3)9-10-25(6,7)8)21-14-16(2)12-19(5)24(21)27/h11-14,17,22,26-27H,9-10H2,1-8H3. The summed E-state index contributed by atoms with van der Waals surface area (Å²) < 4.78 is 0. The molecule has 2 rings (SSSR count). The van der Waals surface area contributed by atoms with Gasteiger partial charge in [-0.3, -0.25) is 0 Å². The summed E-state index contributed by atoms with van der Waals surface area (Å²) in [5.41, 5.74) is 6.16. The summed E-state index contributed by atoms with van der Waals surface area (Å²) >= 11 is 0. The van der Waals surface area contributed by atoms with E-state index in [1.807, 2.05) is 26.0 Å². The predicted molar refractivity (Wildman–Crippen MR) is 115 cm³/mol. The van der Waals surface area contributed by atoms with Crippen LogP contribution < -0.4 is 0 Å². The fraction of sp³-hybridized carbons (Fsp3) is 0.520. The van der Waals surface area contributed by atoms with Gasteiger partial charge in [0.25, 0.3) is 0 Å². The zero-order valence-corrected chi connectivity index (χ0v) is 18.3. The number of aromatic hydroxyl groups is 2. The van der Waals surface area contributed by atoms with E-state index in [1.54, 1.807) is 0 Å². The van der Waals surface area contributed by atoms with Gasteiger partial charge in [0, 0.05) is 17.0 Å². The Morgan fingerprint density at radius 1 is 0.778 bits per heavy atom. The number of rotatable bonds is 5. The highest BCUT2D eigenvalue weighted by Crippen LogP contribution is 2.45. The largest absolute Gasteiger partial charge is 0.507 e. The maximum atomic E-state index is 10.9. The van der Waals surface area contributed by atoms with Gasteiger partial charge in [-0.15, -0.1) is 0 Å². The van der Waals surface area contributed by atoms with Gasteiger partial charge in [-0.25, -0.2) is 0 Å². The molecule has 0 aliphatic rings. The van der Waals surface area contributed by atoms with Gasteiger partial charge in [0.15, 0.2) is 0 Å². The summed E-state index contributed by atoms with van der Waals surface area (Å²) in [6, 6.07) is 8.18. The molecule has 0 radical (unpaired) electrons. The van der Waals surface area contributed by atoms with Crippen LogP contribution in [0.15, 0.2) is 24.3 Å². The first-order valence-electron chi connectivity index (χ1n) is 10.0. The van der Waals surface area contributed by atoms with Crippen LogP contribution in [0.25, 0.3) is 0 Å². The average Bonchev–Trinajstić information content (AvgIpc) is 2.53. The van der Waals surface area contributed by atoms with Crippen LogP contribution in [0.5, 0.6) is 11.5 Å². The van der Waals surface area contributed by atoms with E-state index >= 15 is 0 Å². The van der Waals surface area contributed by atoms with E-state index in [9.17, 15) is 10.2 Å². The molecule has 0 amide bonds. The van der Waals surface area contributed by atoms with Crippen molar-refractivity contribution in [2.24, 2.45) is 11.3 Å². The fourth-order valence-electron chi connectivity index (χ4n) is 4.07. The van der Waals surface area contributed by atoms with Crippen molar-refractivity contribution in [1.29, 1.82) is 0 Å². The summed E-state index contributed by atoms with van der Waals surface area (Å²) in [6.07, 6.45) is 2.13. The van der Waals surface area contributed by atoms with E-state index in [2.05, 4.69) is 53.7 Å². The zero-order chi connectivity index (χ0) is 20.5. The Kier molecular flexibility index (Phi) is 6.29. The Bertz CT molecular complexity index is 755. The molecule has 0 aliphatic carbocycles. The quantitative estimate of drug-likeness (QED) is 0.601. The highest BCUT2D eigenvalue weighted by molar-refractivity contribution is 5.53. The van der Waals surface area contributed by atoms with Crippen molar-refractivity contribution in [3.8, 4) is 11.5 Å². The highest BCUT2D eigenvalue weighted by Gasteiger charge is 2.29. The van der Waals surface area contributed by atoms with Crippen molar-refractivity contribution in [1.82, 2.24) is 0 Å². The molecule has 2 N–H and O–H groups in total. The minimum atomic E-state index is -0.0375. The molecule has 2 nitrogen and oxygen atoms in total. The Balaban J connectivity index is 2.63. The summed E-state index contributed by atoms with van der Waals surface area (Å²) in [5.74, 6) is 0.964. The molecule has 1 atom stereocenters. The number of benzene rings is 2. The van der Waals surface area contributed by atoms with Gasteiger partial charge in [0.2, 0.25) is 0 Å². The molecule has 2 aromatic carbocycles. The van der Waals surface area contributed by atoms with Gasteiger partial charge in [0.1, 0.15) is 11.5 Å². The summed E-state index contributed by atoms with van der Waals surface area (Å²) in [5, 5.41) is 21.8. The average molecular weight is 369 g/mol. The monoisotopic (exact) mass is 368 g/mol. The molecule has 1 unspecified atom stereocenters. The third kappa shape index (κ3) is 5.06. The van der Waals surface area contributed by atoms with Crippen LogP contribution in [0, 0.1) is 39.0 Å². The molecule has 0 saturated carbocycles. The van der Waals surface area contributed by atoms with Gasteiger partial charge in [0.05, 0.1) is 0 Å². The van der Waals surface area contributed by atoms with Crippen molar-refractivity contribution >= 4 is 0 Å². The lowest BCUT2D eigenvalue weighted by Gasteiger charge is -2.30. The molecule has 2 heteroatoms. The maximum absolute atomic E-state index is 10.9. The Morgan fingerprint density at radius 2 is 1.19 bits per heavy atom. The van der Waals surface area contributed by atoms with Crippen molar-refractivity contribution < 1.29 is 10.2 Å². The van der Waals surface area contributed by atoms with Gasteiger partial charge < -0.3 is 10.2 Å². The smallest absolute Gasteiger partial charge is 0.122 e. The lowest BCUT2D eigenvalue weighted by Crippen LogP contribution is -2.16. The van der Waals surface area contributed by atoms with Crippen LogP contribution in [-0.2, 0) is 0 Å². The lowest BCUT2D eigenvalue weighted by atomic mass is 9.75. The normalized spacial score (nSPS) is 13.2. The number of aryl methyl sites for hydroxylation is 4. The Morgan fingerprint density at radius 3 is 1.56 bits per heavy atom. The first kappa shape index (κ1) is 21.3. The summed E-state index contributed by atoms with van der Waals surface area (Å²) in [7, 11) is 0. The van der Waals surface area contributed by atoms with Crippen LogP contribution in [0.1, 0.15) is 79.8 Å². The minimum Gasteiger partial charge on any atom is -0.507 e. The van der Waals surface area contributed by atoms with Crippen LogP contribution in [0.3, 0.4) is 0 Å². The second kappa shape index (κ2) is 7.96. The van der Waals surface area contributed by atoms with E-state index < -0.39 is 0 Å². The minimum absolute atomic E-state index is 0.0375. The highest BCUT2D eigenvalue weighted by atomic mass is 16.3. The van der Waals surface area contributed by atoms with Gasteiger partial charge in [-0.2, -0.15) is 0 Å². The van der Waals surface area contributed by atoms with E-state index in [-0.39, 0.29) is 11.3 Å². The van der Waals surface area contributed by atoms with Crippen molar-refractivity contribution in [3.05, 3.63) is 57.6 Å². The third-order valence-corrected chi connectivity index (χ3v) is 5.54. The second-order valence-electron chi connectivity index (χ2n) is 9.59. The SMILES string of the molecule is Cc1cc(C)c(O)c(C(c2cc(C)cc(C)c2O)C(C)CCC(C)(C)C)c1. The van der Waals surface area contributed by atoms with Crippen LogP contribution in [0.4, 0.5) is 0 Å². The molecule has 0 bridgehead atoms. The summed E-state index contributed by atoms with van der Waals surface area (Å²) in [4.78, 5) is 0. The molecule has 0 spiro atoms. The van der Waals surface area contributed by atoms with Gasteiger partial charge >= 0.3 is 0 Å². The molecular formula is C25H36O2. The van der Waals surface area contributed by atoms with E-state index in [0.717, 1.165) is 46.2 Å². The molecule has 0 aliphatic heterocycles. The topological polar surface area (TPSA) is 40.5 Å². The van der Waals surface area contributed by atoms with Gasteiger partial charge in [-0.1, -0.05) is 63.1 Å². The zero-order valence-electron chi connectivity index (χ0n) is 18.3. The number of phenols is 2. The molecule has 148 valence electrons. The molecule has 2 aromatic rings. The molecule has 27 heavy (non-hydrogen) atoms.